The summed E-state index contributed by atoms with van der Waals surface area (Å²) in [6.45, 7) is 7.92. The SMILES string of the molecule is CC[C@H](NC(=O)c1ccc(NS(=O)(=O)c2ccccc2)c(C)c1)c1ccc(C)cc1C. The predicted octanol–water partition coefficient (Wildman–Crippen LogP) is 5.29. The lowest BCUT2D eigenvalue weighted by Gasteiger charge is -2.20. The summed E-state index contributed by atoms with van der Waals surface area (Å²) >= 11 is 0. The van der Waals surface area contributed by atoms with Gasteiger partial charge < -0.3 is 5.32 Å². The first-order valence-electron chi connectivity index (χ1n) is 10.3. The van der Waals surface area contributed by atoms with E-state index in [0.717, 1.165) is 17.5 Å². The number of hydrogen-bond donors (Lipinski definition) is 2. The number of hydrogen-bond acceptors (Lipinski definition) is 3. The number of benzene rings is 3. The number of nitrogens with one attached hydrogen (secondary N) is 2. The lowest BCUT2D eigenvalue weighted by molar-refractivity contribution is 0.0935. The van der Waals surface area contributed by atoms with Crippen LogP contribution < -0.4 is 10.0 Å². The minimum Gasteiger partial charge on any atom is -0.345 e. The first-order valence-corrected chi connectivity index (χ1v) is 11.8. The molecule has 31 heavy (non-hydrogen) atoms. The van der Waals surface area contributed by atoms with Crippen molar-refractivity contribution in [2.24, 2.45) is 0 Å². The van der Waals surface area contributed by atoms with Crippen LogP contribution in [0.25, 0.3) is 0 Å². The van der Waals surface area contributed by atoms with Crippen LogP contribution in [0.4, 0.5) is 5.69 Å². The van der Waals surface area contributed by atoms with Gasteiger partial charge in [0.25, 0.3) is 15.9 Å². The molecule has 0 aromatic heterocycles. The van der Waals surface area contributed by atoms with Gasteiger partial charge in [-0.2, -0.15) is 0 Å². The van der Waals surface area contributed by atoms with Crippen LogP contribution in [-0.4, -0.2) is 14.3 Å². The molecule has 0 aliphatic rings. The van der Waals surface area contributed by atoms with Gasteiger partial charge in [-0.05, 0) is 74.2 Å². The summed E-state index contributed by atoms with van der Waals surface area (Å²) in [5.41, 5.74) is 5.04. The Balaban J connectivity index is 1.78. The molecule has 0 aliphatic carbocycles. The third-order valence-electron chi connectivity index (χ3n) is 5.30. The highest BCUT2D eigenvalue weighted by Gasteiger charge is 2.18. The Labute approximate surface area is 184 Å². The first kappa shape index (κ1) is 22.6. The Morgan fingerprint density at radius 3 is 2.23 bits per heavy atom. The number of sulfonamides is 1. The van der Waals surface area contributed by atoms with E-state index >= 15 is 0 Å². The lowest BCUT2D eigenvalue weighted by Crippen LogP contribution is -2.28. The quantitative estimate of drug-likeness (QED) is 0.528. The number of carbonyl (C=O) groups is 1. The van der Waals surface area contributed by atoms with Gasteiger partial charge in [0.1, 0.15) is 0 Å². The van der Waals surface area contributed by atoms with Gasteiger partial charge >= 0.3 is 0 Å². The molecule has 162 valence electrons. The smallest absolute Gasteiger partial charge is 0.261 e. The van der Waals surface area contributed by atoms with Crippen molar-refractivity contribution in [3.05, 3.63) is 94.5 Å². The maximum Gasteiger partial charge on any atom is 0.261 e. The molecule has 1 atom stereocenters. The Hall–Kier alpha value is -3.12. The molecule has 0 saturated carbocycles. The summed E-state index contributed by atoms with van der Waals surface area (Å²) in [7, 11) is -3.69. The van der Waals surface area contributed by atoms with E-state index in [-0.39, 0.29) is 16.8 Å². The minimum atomic E-state index is -3.69. The Morgan fingerprint density at radius 2 is 1.61 bits per heavy atom. The van der Waals surface area contributed by atoms with Crippen molar-refractivity contribution < 1.29 is 13.2 Å². The number of aryl methyl sites for hydroxylation is 3. The van der Waals surface area contributed by atoms with Crippen molar-refractivity contribution in [3.63, 3.8) is 0 Å². The summed E-state index contributed by atoms with van der Waals surface area (Å²) in [5, 5.41) is 3.10. The van der Waals surface area contributed by atoms with Crippen molar-refractivity contribution in [2.75, 3.05) is 4.72 Å². The summed E-state index contributed by atoms with van der Waals surface area (Å²) in [4.78, 5) is 13.1. The Bertz CT molecular complexity index is 1190. The predicted molar refractivity (Wildman–Crippen MR) is 125 cm³/mol. The monoisotopic (exact) mass is 436 g/mol. The molecule has 3 aromatic rings. The van der Waals surface area contributed by atoms with Crippen LogP contribution in [0.2, 0.25) is 0 Å². The van der Waals surface area contributed by atoms with Crippen molar-refractivity contribution >= 4 is 21.6 Å². The third-order valence-corrected chi connectivity index (χ3v) is 6.68. The van der Waals surface area contributed by atoms with E-state index in [9.17, 15) is 13.2 Å². The number of anilines is 1. The van der Waals surface area contributed by atoms with Gasteiger partial charge in [0, 0.05) is 5.56 Å². The molecular formula is C25H28N2O3S. The van der Waals surface area contributed by atoms with Gasteiger partial charge in [0.15, 0.2) is 0 Å². The zero-order valence-corrected chi connectivity index (χ0v) is 19.1. The zero-order valence-electron chi connectivity index (χ0n) is 18.3. The van der Waals surface area contributed by atoms with Gasteiger partial charge in [0.2, 0.25) is 0 Å². The normalized spacial score (nSPS) is 12.3. The molecule has 0 radical (unpaired) electrons. The highest BCUT2D eigenvalue weighted by molar-refractivity contribution is 7.92. The van der Waals surface area contributed by atoms with E-state index in [4.69, 9.17) is 0 Å². The largest absolute Gasteiger partial charge is 0.345 e. The molecule has 0 unspecified atom stereocenters. The van der Waals surface area contributed by atoms with E-state index in [1.54, 1.807) is 43.3 Å². The van der Waals surface area contributed by atoms with E-state index in [1.807, 2.05) is 13.8 Å². The molecule has 0 aliphatic heterocycles. The van der Waals surface area contributed by atoms with Gasteiger partial charge in [-0.25, -0.2) is 8.42 Å². The van der Waals surface area contributed by atoms with Crippen LogP contribution in [0.5, 0.6) is 0 Å². The van der Waals surface area contributed by atoms with Gasteiger partial charge in [-0.1, -0.05) is 48.9 Å². The van der Waals surface area contributed by atoms with Crippen LogP contribution >= 0.6 is 0 Å². The van der Waals surface area contributed by atoms with Crippen LogP contribution in [-0.2, 0) is 10.0 Å². The maximum absolute atomic E-state index is 12.9. The average molecular weight is 437 g/mol. The molecule has 3 aromatic carbocycles. The van der Waals surface area contributed by atoms with Crippen molar-refractivity contribution in [2.45, 2.75) is 45.1 Å². The second kappa shape index (κ2) is 9.35. The maximum atomic E-state index is 12.9. The van der Waals surface area contributed by atoms with Crippen LogP contribution in [0, 0.1) is 20.8 Å². The molecule has 0 saturated heterocycles. The fraction of sp³-hybridized carbons (Fsp3) is 0.240. The molecule has 3 rings (SSSR count). The standard InChI is InChI=1S/C25H28N2O3S/c1-5-23(22-13-11-17(2)15-18(22)3)26-25(28)20-12-14-24(19(4)16-20)27-31(29,30)21-9-7-6-8-10-21/h6-16,23,27H,5H2,1-4H3,(H,26,28)/t23-/m0/s1. The molecular weight excluding hydrogens is 408 g/mol. The van der Waals surface area contributed by atoms with Gasteiger partial charge in [0.05, 0.1) is 16.6 Å². The van der Waals surface area contributed by atoms with Crippen molar-refractivity contribution in [3.8, 4) is 0 Å². The van der Waals surface area contributed by atoms with Crippen molar-refractivity contribution in [1.82, 2.24) is 5.32 Å². The molecule has 0 bridgehead atoms. The molecule has 1 amide bonds. The zero-order chi connectivity index (χ0) is 22.6. The van der Waals surface area contributed by atoms with E-state index < -0.39 is 10.0 Å². The molecule has 5 nitrogen and oxygen atoms in total. The van der Waals surface area contributed by atoms with E-state index in [0.29, 0.717) is 16.8 Å². The molecule has 0 heterocycles. The highest BCUT2D eigenvalue weighted by Crippen LogP contribution is 2.24. The topological polar surface area (TPSA) is 75.3 Å². The van der Waals surface area contributed by atoms with Crippen LogP contribution in [0.1, 0.15) is 52.0 Å². The van der Waals surface area contributed by atoms with Crippen LogP contribution in [0.3, 0.4) is 0 Å². The highest BCUT2D eigenvalue weighted by atomic mass is 32.2. The second-order valence-corrected chi connectivity index (χ2v) is 9.42. The van der Waals surface area contributed by atoms with Crippen molar-refractivity contribution in [1.29, 1.82) is 0 Å². The fourth-order valence-electron chi connectivity index (χ4n) is 3.58. The number of amides is 1. The number of rotatable bonds is 7. The number of carbonyl (C=O) groups excluding carboxylic acids is 1. The summed E-state index contributed by atoms with van der Waals surface area (Å²) < 4.78 is 27.8. The summed E-state index contributed by atoms with van der Waals surface area (Å²) in [6.07, 6.45) is 0.767. The molecule has 0 spiro atoms. The van der Waals surface area contributed by atoms with Gasteiger partial charge in [-0.3, -0.25) is 9.52 Å². The first-order chi connectivity index (χ1) is 14.7. The third kappa shape index (κ3) is 5.33. The fourth-order valence-corrected chi connectivity index (χ4v) is 4.73. The molecule has 2 N–H and O–H groups in total. The van der Waals surface area contributed by atoms with E-state index in [2.05, 4.69) is 35.2 Å². The second-order valence-electron chi connectivity index (χ2n) is 7.74. The molecule has 6 heteroatoms. The molecule has 0 fully saturated rings. The van der Waals surface area contributed by atoms with E-state index in [1.165, 1.54) is 17.7 Å². The van der Waals surface area contributed by atoms with Gasteiger partial charge in [-0.15, -0.1) is 0 Å². The Morgan fingerprint density at radius 1 is 0.903 bits per heavy atom. The minimum absolute atomic E-state index is 0.0929. The average Bonchev–Trinajstić information content (AvgIpc) is 2.74. The Kier molecular flexibility index (Phi) is 6.81. The lowest BCUT2D eigenvalue weighted by atomic mass is 9.97. The summed E-state index contributed by atoms with van der Waals surface area (Å²) in [5.74, 6) is -0.188. The summed E-state index contributed by atoms with van der Waals surface area (Å²) in [6, 6.07) is 19.3. The van der Waals surface area contributed by atoms with Crippen LogP contribution in [0.15, 0.2) is 71.6 Å².